The van der Waals surface area contributed by atoms with Gasteiger partial charge in [0, 0.05) is 30.9 Å². The second-order valence-corrected chi connectivity index (χ2v) is 6.63. The highest BCUT2D eigenvalue weighted by molar-refractivity contribution is 7.89. The molecule has 1 aromatic rings. The van der Waals surface area contributed by atoms with Gasteiger partial charge in [-0.15, -0.1) is 4.83 Å². The average molecular weight is 301 g/mol. The number of aromatic amines is 1. The van der Waals surface area contributed by atoms with Crippen LogP contribution in [0.25, 0.3) is 0 Å². The van der Waals surface area contributed by atoms with Gasteiger partial charge in [0.25, 0.3) is 10.0 Å². The molecule has 2 heterocycles. The van der Waals surface area contributed by atoms with Crippen molar-refractivity contribution in [3.63, 3.8) is 0 Å². The molecule has 1 aliphatic heterocycles. The first kappa shape index (κ1) is 15.4. The van der Waals surface area contributed by atoms with Crippen molar-refractivity contribution in [1.29, 1.82) is 0 Å². The molecule has 0 saturated carbocycles. The summed E-state index contributed by atoms with van der Waals surface area (Å²) in [6.07, 6.45) is 3.20. The molecule has 20 heavy (non-hydrogen) atoms. The molecule has 1 aliphatic rings. The van der Waals surface area contributed by atoms with Crippen molar-refractivity contribution in [2.45, 2.75) is 44.7 Å². The van der Waals surface area contributed by atoms with E-state index in [-0.39, 0.29) is 5.03 Å². The number of sulfonamides is 1. The first-order valence-electron chi connectivity index (χ1n) is 7.06. The summed E-state index contributed by atoms with van der Waals surface area (Å²) in [7, 11) is -3.61. The molecule has 0 bridgehead atoms. The number of hydrogen-bond donors (Lipinski definition) is 3. The maximum atomic E-state index is 12.4. The van der Waals surface area contributed by atoms with Gasteiger partial charge in [-0.2, -0.15) is 5.10 Å². The first-order valence-corrected chi connectivity index (χ1v) is 8.55. The third-order valence-corrected chi connectivity index (χ3v) is 4.79. The molecule has 0 aromatic carbocycles. The molecule has 8 heteroatoms. The number of rotatable bonds is 6. The summed E-state index contributed by atoms with van der Waals surface area (Å²) in [4.78, 5) is 2.64. The molecular weight excluding hydrogens is 278 g/mol. The Hall–Kier alpha value is -0.960. The molecule has 0 unspecified atom stereocenters. The van der Waals surface area contributed by atoms with Crippen LogP contribution >= 0.6 is 0 Å². The fourth-order valence-corrected chi connectivity index (χ4v) is 3.63. The van der Waals surface area contributed by atoms with Crippen LogP contribution in [0.15, 0.2) is 5.03 Å². The van der Waals surface area contributed by atoms with Gasteiger partial charge in [-0.3, -0.25) is 5.10 Å². The fourth-order valence-electron chi connectivity index (χ4n) is 2.31. The lowest BCUT2D eigenvalue weighted by atomic mass is 10.2. The Kier molecular flexibility index (Phi) is 5.14. The number of H-pyrrole nitrogens is 1. The zero-order valence-corrected chi connectivity index (χ0v) is 12.9. The Balaban J connectivity index is 2.16. The molecule has 1 aromatic heterocycles. The molecule has 7 nitrogen and oxygen atoms in total. The highest BCUT2D eigenvalue weighted by atomic mass is 32.2. The molecule has 1 fully saturated rings. The molecule has 1 saturated heterocycles. The lowest BCUT2D eigenvalue weighted by molar-refractivity contribution is 0.199. The minimum atomic E-state index is -3.61. The van der Waals surface area contributed by atoms with Crippen molar-refractivity contribution in [2.75, 3.05) is 19.6 Å². The minimum Gasteiger partial charge on any atom is -0.313 e. The SMILES string of the molecule is CCNCc1c(S(=O)(=O)NN2CCCCC2)n[nH]c1C. The monoisotopic (exact) mass is 301 g/mol. The molecule has 0 radical (unpaired) electrons. The molecule has 0 amide bonds. The average Bonchev–Trinajstić information content (AvgIpc) is 2.79. The lowest BCUT2D eigenvalue weighted by Gasteiger charge is -2.26. The van der Waals surface area contributed by atoms with Gasteiger partial charge < -0.3 is 5.32 Å². The molecular formula is C12H23N5O2S. The van der Waals surface area contributed by atoms with Gasteiger partial charge in [0.15, 0.2) is 5.03 Å². The molecule has 3 N–H and O–H groups in total. The van der Waals surface area contributed by atoms with Crippen LogP contribution < -0.4 is 10.1 Å². The number of nitrogens with zero attached hydrogens (tertiary/aromatic N) is 2. The van der Waals surface area contributed by atoms with Gasteiger partial charge in [0.2, 0.25) is 0 Å². The fraction of sp³-hybridized carbons (Fsp3) is 0.750. The van der Waals surface area contributed by atoms with Crippen LogP contribution in [0.3, 0.4) is 0 Å². The molecule has 0 atom stereocenters. The molecule has 0 aliphatic carbocycles. The summed E-state index contributed by atoms with van der Waals surface area (Å²) < 4.78 is 24.9. The molecule has 114 valence electrons. The van der Waals surface area contributed by atoms with E-state index in [0.717, 1.165) is 44.6 Å². The second kappa shape index (κ2) is 6.66. The van der Waals surface area contributed by atoms with E-state index in [0.29, 0.717) is 12.1 Å². The molecule has 2 rings (SSSR count). The number of aromatic nitrogens is 2. The van der Waals surface area contributed by atoms with E-state index in [1.165, 1.54) is 0 Å². The Morgan fingerprint density at radius 2 is 2.00 bits per heavy atom. The van der Waals surface area contributed by atoms with E-state index in [1.807, 2.05) is 13.8 Å². The smallest absolute Gasteiger partial charge is 0.273 e. The maximum absolute atomic E-state index is 12.4. The Morgan fingerprint density at radius 3 is 2.65 bits per heavy atom. The largest absolute Gasteiger partial charge is 0.313 e. The van der Waals surface area contributed by atoms with Gasteiger partial charge in [-0.05, 0) is 26.3 Å². The summed E-state index contributed by atoms with van der Waals surface area (Å²) in [5, 5.41) is 11.7. The maximum Gasteiger partial charge on any atom is 0.273 e. The highest BCUT2D eigenvalue weighted by Crippen LogP contribution is 2.17. The highest BCUT2D eigenvalue weighted by Gasteiger charge is 2.26. The van der Waals surface area contributed by atoms with Gasteiger partial charge in [-0.1, -0.05) is 13.3 Å². The lowest BCUT2D eigenvalue weighted by Crippen LogP contribution is -2.45. The van der Waals surface area contributed by atoms with Crippen molar-refractivity contribution < 1.29 is 8.42 Å². The van der Waals surface area contributed by atoms with E-state index >= 15 is 0 Å². The minimum absolute atomic E-state index is 0.0986. The number of hydrogen-bond acceptors (Lipinski definition) is 5. The number of hydrazine groups is 1. The Bertz CT molecular complexity index is 534. The van der Waals surface area contributed by atoms with Crippen molar-refractivity contribution in [3.05, 3.63) is 11.3 Å². The summed E-state index contributed by atoms with van der Waals surface area (Å²) >= 11 is 0. The van der Waals surface area contributed by atoms with Crippen molar-refractivity contribution in [1.82, 2.24) is 25.4 Å². The quantitative estimate of drug-likeness (QED) is 0.712. The number of aryl methyl sites for hydroxylation is 1. The summed E-state index contributed by atoms with van der Waals surface area (Å²) in [6.45, 7) is 6.60. The third-order valence-electron chi connectivity index (χ3n) is 3.45. The first-order chi connectivity index (χ1) is 9.54. The van der Waals surface area contributed by atoms with E-state index in [9.17, 15) is 8.42 Å². The van der Waals surface area contributed by atoms with Crippen molar-refractivity contribution in [2.24, 2.45) is 0 Å². The normalized spacial score (nSPS) is 17.5. The second-order valence-electron chi connectivity index (χ2n) is 5.06. The number of piperidine rings is 1. The van der Waals surface area contributed by atoms with E-state index in [4.69, 9.17) is 0 Å². The Labute approximate surface area is 120 Å². The zero-order chi connectivity index (χ0) is 14.6. The van der Waals surface area contributed by atoms with Gasteiger partial charge in [0.05, 0.1) is 0 Å². The Morgan fingerprint density at radius 1 is 1.30 bits per heavy atom. The van der Waals surface area contributed by atoms with Gasteiger partial charge in [-0.25, -0.2) is 13.4 Å². The molecule has 0 spiro atoms. The van der Waals surface area contributed by atoms with E-state index < -0.39 is 10.0 Å². The standard InChI is InChI=1S/C12H23N5O2S/c1-3-13-9-11-10(2)14-15-12(11)20(18,19)16-17-7-5-4-6-8-17/h13,16H,3-9H2,1-2H3,(H,14,15). The predicted octanol–water partition coefficient (Wildman–Crippen LogP) is 0.507. The van der Waals surface area contributed by atoms with Crippen molar-refractivity contribution in [3.8, 4) is 0 Å². The van der Waals surface area contributed by atoms with E-state index in [1.54, 1.807) is 5.01 Å². The van der Waals surface area contributed by atoms with Crippen LogP contribution in [0, 0.1) is 6.92 Å². The van der Waals surface area contributed by atoms with Crippen LogP contribution in [0.2, 0.25) is 0 Å². The topological polar surface area (TPSA) is 90.1 Å². The van der Waals surface area contributed by atoms with Crippen molar-refractivity contribution >= 4 is 10.0 Å². The third kappa shape index (κ3) is 3.57. The summed E-state index contributed by atoms with van der Waals surface area (Å²) in [6, 6.07) is 0. The van der Waals surface area contributed by atoms with Gasteiger partial charge >= 0.3 is 0 Å². The van der Waals surface area contributed by atoms with Crippen LogP contribution in [0.1, 0.15) is 37.4 Å². The predicted molar refractivity (Wildman–Crippen MR) is 76.5 cm³/mol. The number of nitrogens with one attached hydrogen (secondary N) is 3. The van der Waals surface area contributed by atoms with Crippen LogP contribution in [0.5, 0.6) is 0 Å². The van der Waals surface area contributed by atoms with E-state index in [2.05, 4.69) is 20.3 Å². The van der Waals surface area contributed by atoms with Crippen LogP contribution in [0.4, 0.5) is 0 Å². The van der Waals surface area contributed by atoms with Gasteiger partial charge in [0.1, 0.15) is 0 Å². The van der Waals surface area contributed by atoms with Crippen LogP contribution in [-0.4, -0.2) is 43.3 Å². The zero-order valence-electron chi connectivity index (χ0n) is 12.1. The summed E-state index contributed by atoms with van der Waals surface area (Å²) in [5.41, 5.74) is 1.49. The summed E-state index contributed by atoms with van der Waals surface area (Å²) in [5.74, 6) is 0. The van der Waals surface area contributed by atoms with Crippen LogP contribution in [-0.2, 0) is 16.6 Å².